The molecule has 0 saturated heterocycles. The quantitative estimate of drug-likeness (QED) is 0.726. The van der Waals surface area contributed by atoms with Gasteiger partial charge in [-0.1, -0.05) is 42.0 Å². The van der Waals surface area contributed by atoms with E-state index >= 15 is 0 Å². The van der Waals surface area contributed by atoms with Crippen LogP contribution in [0.5, 0.6) is 0 Å². The maximum absolute atomic E-state index is 11.8. The van der Waals surface area contributed by atoms with E-state index in [0.717, 1.165) is 16.9 Å². The molecule has 0 radical (unpaired) electrons. The second-order valence-corrected chi connectivity index (χ2v) is 4.98. The molecule has 0 unspecified atom stereocenters. The summed E-state index contributed by atoms with van der Waals surface area (Å²) in [5, 5.41) is 0. The standard InChI is InChI=1S/C19H19NO/c1-16(2)15-19(21)13-14-20(17-9-5-3-6-10-17)18-11-7-4-8-12-18/h3-15H,1-2H3/b14-13+. The number of hydrogen-bond donors (Lipinski definition) is 0. The van der Waals surface area contributed by atoms with E-state index in [-0.39, 0.29) is 5.78 Å². The third-order valence-corrected chi connectivity index (χ3v) is 2.89. The van der Waals surface area contributed by atoms with Gasteiger partial charge in [-0.25, -0.2) is 0 Å². The summed E-state index contributed by atoms with van der Waals surface area (Å²) in [5.41, 5.74) is 3.03. The maximum Gasteiger partial charge on any atom is 0.180 e. The lowest BCUT2D eigenvalue weighted by Crippen LogP contribution is -2.08. The van der Waals surface area contributed by atoms with Crippen LogP contribution >= 0.6 is 0 Å². The molecule has 0 bridgehead atoms. The predicted octanol–water partition coefficient (Wildman–Crippen LogP) is 4.87. The molecule has 0 aromatic heterocycles. The summed E-state index contributed by atoms with van der Waals surface area (Å²) in [6, 6.07) is 20.0. The molecule has 0 aliphatic rings. The first-order valence-electron chi connectivity index (χ1n) is 6.93. The van der Waals surface area contributed by atoms with Crippen LogP contribution in [0.3, 0.4) is 0 Å². The highest BCUT2D eigenvalue weighted by atomic mass is 16.1. The molecule has 0 N–H and O–H groups in total. The van der Waals surface area contributed by atoms with Gasteiger partial charge in [-0.3, -0.25) is 4.79 Å². The fourth-order valence-electron chi connectivity index (χ4n) is 1.98. The lowest BCUT2D eigenvalue weighted by molar-refractivity contribution is -0.110. The molecule has 106 valence electrons. The van der Waals surface area contributed by atoms with Crippen LogP contribution in [0.25, 0.3) is 0 Å². The Balaban J connectivity index is 2.32. The van der Waals surface area contributed by atoms with Gasteiger partial charge >= 0.3 is 0 Å². The molecule has 2 heteroatoms. The lowest BCUT2D eigenvalue weighted by Gasteiger charge is -2.20. The Kier molecular flexibility index (Phi) is 5.10. The van der Waals surface area contributed by atoms with Crippen molar-refractivity contribution in [2.45, 2.75) is 13.8 Å². The highest BCUT2D eigenvalue weighted by molar-refractivity contribution is 6.00. The molecule has 21 heavy (non-hydrogen) atoms. The second-order valence-electron chi connectivity index (χ2n) is 4.98. The Morgan fingerprint density at radius 1 is 0.857 bits per heavy atom. The second kappa shape index (κ2) is 7.25. The third-order valence-electron chi connectivity index (χ3n) is 2.89. The van der Waals surface area contributed by atoms with Crippen LogP contribution in [-0.4, -0.2) is 5.78 Å². The Morgan fingerprint density at radius 2 is 1.33 bits per heavy atom. The van der Waals surface area contributed by atoms with E-state index < -0.39 is 0 Å². The van der Waals surface area contributed by atoms with Gasteiger partial charge in [0, 0.05) is 23.7 Å². The van der Waals surface area contributed by atoms with Crippen molar-refractivity contribution in [2.75, 3.05) is 4.90 Å². The van der Waals surface area contributed by atoms with E-state index in [4.69, 9.17) is 0 Å². The highest BCUT2D eigenvalue weighted by Crippen LogP contribution is 2.25. The minimum Gasteiger partial charge on any atom is -0.317 e. The van der Waals surface area contributed by atoms with Crippen molar-refractivity contribution in [2.24, 2.45) is 0 Å². The Morgan fingerprint density at radius 3 is 1.76 bits per heavy atom. The summed E-state index contributed by atoms with van der Waals surface area (Å²) in [6.45, 7) is 3.83. The summed E-state index contributed by atoms with van der Waals surface area (Å²) < 4.78 is 0. The van der Waals surface area contributed by atoms with Gasteiger partial charge in [0.05, 0.1) is 0 Å². The van der Waals surface area contributed by atoms with Gasteiger partial charge in [0.25, 0.3) is 0 Å². The van der Waals surface area contributed by atoms with Crippen LogP contribution in [0.2, 0.25) is 0 Å². The molecule has 0 aliphatic heterocycles. The molecule has 2 rings (SSSR count). The summed E-state index contributed by atoms with van der Waals surface area (Å²) >= 11 is 0. The lowest BCUT2D eigenvalue weighted by atomic mass is 10.2. The zero-order valence-corrected chi connectivity index (χ0v) is 12.4. The molecular weight excluding hydrogens is 258 g/mol. The van der Waals surface area contributed by atoms with Gasteiger partial charge in [0.2, 0.25) is 0 Å². The monoisotopic (exact) mass is 277 g/mol. The van der Waals surface area contributed by atoms with Crippen molar-refractivity contribution in [1.82, 2.24) is 0 Å². The molecule has 0 atom stereocenters. The van der Waals surface area contributed by atoms with Crippen molar-refractivity contribution in [3.05, 3.63) is 84.6 Å². The van der Waals surface area contributed by atoms with Gasteiger partial charge < -0.3 is 4.90 Å². The van der Waals surface area contributed by atoms with Crippen molar-refractivity contribution in [3.63, 3.8) is 0 Å². The molecule has 0 spiro atoms. The molecule has 0 amide bonds. The van der Waals surface area contributed by atoms with Gasteiger partial charge in [0.1, 0.15) is 0 Å². The maximum atomic E-state index is 11.8. The number of allylic oxidation sites excluding steroid dienone is 3. The van der Waals surface area contributed by atoms with Crippen LogP contribution in [0.15, 0.2) is 84.6 Å². The van der Waals surface area contributed by atoms with Crippen LogP contribution in [0.1, 0.15) is 13.8 Å². The molecular formula is C19H19NO. The Labute approximate surface area is 126 Å². The normalized spacial score (nSPS) is 10.4. The fourth-order valence-corrected chi connectivity index (χ4v) is 1.98. The number of rotatable bonds is 5. The number of carbonyl (C=O) groups excluding carboxylic acids is 1. The smallest absolute Gasteiger partial charge is 0.180 e. The topological polar surface area (TPSA) is 20.3 Å². The number of para-hydroxylation sites is 2. The van der Waals surface area contributed by atoms with E-state index in [1.54, 1.807) is 12.2 Å². The van der Waals surface area contributed by atoms with E-state index in [9.17, 15) is 4.79 Å². The summed E-state index contributed by atoms with van der Waals surface area (Å²) in [4.78, 5) is 13.8. The summed E-state index contributed by atoms with van der Waals surface area (Å²) in [6.07, 6.45) is 5.03. The number of ketones is 1. The predicted molar refractivity (Wildman–Crippen MR) is 88.6 cm³/mol. The average Bonchev–Trinajstić information content (AvgIpc) is 2.49. The highest BCUT2D eigenvalue weighted by Gasteiger charge is 2.05. The van der Waals surface area contributed by atoms with Crippen molar-refractivity contribution in [3.8, 4) is 0 Å². The summed E-state index contributed by atoms with van der Waals surface area (Å²) in [7, 11) is 0. The number of hydrogen-bond acceptors (Lipinski definition) is 2. The first-order valence-corrected chi connectivity index (χ1v) is 6.93. The van der Waals surface area contributed by atoms with Crippen molar-refractivity contribution in [1.29, 1.82) is 0 Å². The Bertz CT molecular complexity index is 598. The number of carbonyl (C=O) groups is 1. The number of nitrogens with zero attached hydrogens (tertiary/aromatic N) is 1. The minimum absolute atomic E-state index is 0.00753. The first-order chi connectivity index (χ1) is 10.2. The van der Waals surface area contributed by atoms with Crippen LogP contribution in [0.4, 0.5) is 11.4 Å². The third kappa shape index (κ3) is 4.46. The molecule has 2 aromatic carbocycles. The number of benzene rings is 2. The fraction of sp³-hybridized carbons (Fsp3) is 0.105. The molecule has 0 aliphatic carbocycles. The zero-order valence-electron chi connectivity index (χ0n) is 12.4. The van der Waals surface area contributed by atoms with E-state index in [1.807, 2.05) is 85.6 Å². The van der Waals surface area contributed by atoms with Crippen LogP contribution in [0, 0.1) is 0 Å². The van der Waals surface area contributed by atoms with Gasteiger partial charge in [0.15, 0.2) is 5.78 Å². The van der Waals surface area contributed by atoms with E-state index in [0.29, 0.717) is 0 Å². The SMILES string of the molecule is CC(C)=CC(=O)/C=C/N(c1ccccc1)c1ccccc1. The van der Waals surface area contributed by atoms with Crippen LogP contribution in [-0.2, 0) is 4.79 Å². The molecule has 2 nitrogen and oxygen atoms in total. The van der Waals surface area contributed by atoms with E-state index in [2.05, 4.69) is 0 Å². The zero-order chi connectivity index (χ0) is 15.1. The van der Waals surface area contributed by atoms with Gasteiger partial charge in [-0.15, -0.1) is 0 Å². The molecule has 0 heterocycles. The van der Waals surface area contributed by atoms with Crippen molar-refractivity contribution >= 4 is 17.2 Å². The summed E-state index contributed by atoms with van der Waals surface area (Å²) in [5.74, 6) is -0.00753. The minimum atomic E-state index is -0.00753. The Hall–Kier alpha value is -2.61. The van der Waals surface area contributed by atoms with Gasteiger partial charge in [-0.05, 0) is 44.2 Å². The first kappa shape index (κ1) is 14.8. The number of anilines is 2. The molecule has 2 aromatic rings. The van der Waals surface area contributed by atoms with Crippen molar-refractivity contribution < 1.29 is 4.79 Å². The van der Waals surface area contributed by atoms with Crippen LogP contribution < -0.4 is 4.90 Å². The molecule has 0 saturated carbocycles. The van der Waals surface area contributed by atoms with E-state index in [1.165, 1.54) is 0 Å². The van der Waals surface area contributed by atoms with Gasteiger partial charge in [-0.2, -0.15) is 0 Å². The molecule has 0 fully saturated rings. The average molecular weight is 277 g/mol. The largest absolute Gasteiger partial charge is 0.317 e.